The van der Waals surface area contributed by atoms with Crippen molar-refractivity contribution in [1.29, 1.82) is 0 Å². The molecule has 3 heteroatoms. The fourth-order valence-corrected chi connectivity index (χ4v) is 2.85. The van der Waals surface area contributed by atoms with E-state index in [1.165, 1.54) is 5.56 Å². The lowest BCUT2D eigenvalue weighted by Crippen LogP contribution is -2.06. The van der Waals surface area contributed by atoms with Crippen LogP contribution in [0.1, 0.15) is 36.5 Å². The molecule has 0 amide bonds. The summed E-state index contributed by atoms with van der Waals surface area (Å²) in [5.41, 5.74) is 5.99. The van der Waals surface area contributed by atoms with Crippen molar-refractivity contribution >= 4 is 5.97 Å². The summed E-state index contributed by atoms with van der Waals surface area (Å²) in [6.07, 6.45) is 5.28. The molecule has 0 saturated heterocycles. The summed E-state index contributed by atoms with van der Waals surface area (Å²) in [5.74, 6) is -0.372. The van der Waals surface area contributed by atoms with Crippen LogP contribution in [0.4, 0.5) is 0 Å². The van der Waals surface area contributed by atoms with Gasteiger partial charge in [-0.1, -0.05) is 49.1 Å². The third kappa shape index (κ3) is 6.22. The molecule has 0 heterocycles. The molecule has 0 radical (unpaired) electrons. The van der Waals surface area contributed by atoms with Gasteiger partial charge in [-0.2, -0.15) is 0 Å². The molecule has 142 valence electrons. The van der Waals surface area contributed by atoms with Crippen LogP contribution in [0.2, 0.25) is 0 Å². The third-order valence-electron chi connectivity index (χ3n) is 4.44. The van der Waals surface area contributed by atoms with E-state index in [9.17, 15) is 4.79 Å². The number of rotatable bonds is 10. The van der Waals surface area contributed by atoms with Crippen molar-refractivity contribution in [3.63, 3.8) is 0 Å². The minimum Gasteiger partial charge on any atom is -0.457 e. The van der Waals surface area contributed by atoms with E-state index >= 15 is 0 Å². The number of hydrogen-bond donors (Lipinski definition) is 1. The van der Waals surface area contributed by atoms with Crippen LogP contribution in [0.25, 0.3) is 11.1 Å². The Bertz CT molecular complexity index is 788. The largest absolute Gasteiger partial charge is 0.457 e. The first-order chi connectivity index (χ1) is 13.0. The molecule has 0 fully saturated rings. The van der Waals surface area contributed by atoms with Gasteiger partial charge in [0.15, 0.2) is 0 Å². The minimum absolute atomic E-state index is 0.209. The SMILES string of the molecule is C=CCCc1ccc(-c2ccc(CCCO)cc2)cc1COC(=O)C(=C)C. The number of carbonyl (C=O) groups is 1. The van der Waals surface area contributed by atoms with Gasteiger partial charge in [0.2, 0.25) is 0 Å². The van der Waals surface area contributed by atoms with Crippen LogP contribution < -0.4 is 0 Å². The quantitative estimate of drug-likeness (QED) is 0.366. The fraction of sp³-hybridized carbons (Fsp3) is 0.292. The lowest BCUT2D eigenvalue weighted by Gasteiger charge is -2.13. The summed E-state index contributed by atoms with van der Waals surface area (Å²) in [7, 11) is 0. The van der Waals surface area contributed by atoms with Gasteiger partial charge < -0.3 is 9.84 Å². The van der Waals surface area contributed by atoms with E-state index in [4.69, 9.17) is 9.84 Å². The van der Waals surface area contributed by atoms with Gasteiger partial charge in [-0.15, -0.1) is 6.58 Å². The first-order valence-corrected chi connectivity index (χ1v) is 9.30. The van der Waals surface area contributed by atoms with Gasteiger partial charge in [0.25, 0.3) is 0 Å². The number of ether oxygens (including phenoxy) is 1. The Morgan fingerprint density at radius 2 is 1.78 bits per heavy atom. The Labute approximate surface area is 162 Å². The number of aryl methyl sites for hydroxylation is 2. The van der Waals surface area contributed by atoms with E-state index in [1.54, 1.807) is 6.92 Å². The second-order valence-electron chi connectivity index (χ2n) is 6.69. The van der Waals surface area contributed by atoms with Crippen molar-refractivity contribution in [3.05, 3.63) is 84.0 Å². The average molecular weight is 364 g/mol. The van der Waals surface area contributed by atoms with Crippen molar-refractivity contribution < 1.29 is 14.6 Å². The molecule has 2 rings (SSSR count). The summed E-state index contributed by atoms with van der Waals surface area (Å²) in [5, 5.41) is 8.95. The molecule has 0 aliphatic heterocycles. The first-order valence-electron chi connectivity index (χ1n) is 9.30. The molecule has 0 aliphatic rings. The Morgan fingerprint density at radius 3 is 2.41 bits per heavy atom. The Balaban J connectivity index is 2.23. The highest BCUT2D eigenvalue weighted by atomic mass is 16.5. The van der Waals surface area contributed by atoms with E-state index in [2.05, 4.69) is 55.6 Å². The summed E-state index contributed by atoms with van der Waals surface area (Å²) in [4.78, 5) is 11.8. The van der Waals surface area contributed by atoms with Crippen molar-refractivity contribution in [2.45, 2.75) is 39.2 Å². The number of carbonyl (C=O) groups excluding carboxylic acids is 1. The van der Waals surface area contributed by atoms with E-state index in [0.29, 0.717) is 5.57 Å². The number of aliphatic hydroxyl groups excluding tert-OH is 1. The second-order valence-corrected chi connectivity index (χ2v) is 6.69. The molecule has 2 aromatic rings. The first kappa shape index (κ1) is 20.7. The van der Waals surface area contributed by atoms with Gasteiger partial charge in [0.05, 0.1) is 0 Å². The molecule has 0 saturated carbocycles. The molecule has 2 aromatic carbocycles. The summed E-state index contributed by atoms with van der Waals surface area (Å²) in [6.45, 7) is 9.51. The summed E-state index contributed by atoms with van der Waals surface area (Å²) < 4.78 is 5.38. The lowest BCUT2D eigenvalue weighted by molar-refractivity contribution is -0.140. The molecule has 0 bridgehead atoms. The number of hydrogen-bond acceptors (Lipinski definition) is 3. The summed E-state index contributed by atoms with van der Waals surface area (Å²) in [6, 6.07) is 14.7. The van der Waals surface area contributed by atoms with Crippen LogP contribution in [0, 0.1) is 0 Å². The van der Waals surface area contributed by atoms with Gasteiger partial charge in [-0.05, 0) is 66.5 Å². The van der Waals surface area contributed by atoms with Crippen LogP contribution in [0.15, 0.2) is 67.3 Å². The zero-order valence-electron chi connectivity index (χ0n) is 16.0. The molecule has 3 nitrogen and oxygen atoms in total. The zero-order valence-corrected chi connectivity index (χ0v) is 16.0. The molecule has 1 N–H and O–H groups in total. The van der Waals surface area contributed by atoms with Crippen molar-refractivity contribution in [3.8, 4) is 11.1 Å². The van der Waals surface area contributed by atoms with Gasteiger partial charge in [-0.25, -0.2) is 4.79 Å². The fourth-order valence-electron chi connectivity index (χ4n) is 2.85. The van der Waals surface area contributed by atoms with Gasteiger partial charge in [0.1, 0.15) is 6.61 Å². The number of benzene rings is 2. The van der Waals surface area contributed by atoms with Crippen molar-refractivity contribution in [1.82, 2.24) is 0 Å². The molecule has 0 unspecified atom stereocenters. The monoisotopic (exact) mass is 364 g/mol. The highest BCUT2D eigenvalue weighted by Gasteiger charge is 2.09. The zero-order chi connectivity index (χ0) is 19.6. The lowest BCUT2D eigenvalue weighted by atomic mass is 9.96. The molecular formula is C24H28O3. The average Bonchev–Trinajstić information content (AvgIpc) is 2.69. The van der Waals surface area contributed by atoms with Crippen molar-refractivity contribution in [2.75, 3.05) is 6.61 Å². The normalized spacial score (nSPS) is 10.4. The minimum atomic E-state index is -0.372. The van der Waals surface area contributed by atoms with E-state index in [1.807, 2.05) is 6.08 Å². The molecule has 27 heavy (non-hydrogen) atoms. The third-order valence-corrected chi connectivity index (χ3v) is 4.44. The Hall–Kier alpha value is -2.65. The highest BCUT2D eigenvalue weighted by molar-refractivity contribution is 5.86. The molecule has 0 aliphatic carbocycles. The maximum absolute atomic E-state index is 11.8. The van der Waals surface area contributed by atoms with E-state index in [-0.39, 0.29) is 19.2 Å². The van der Waals surface area contributed by atoms with Crippen LogP contribution >= 0.6 is 0 Å². The maximum atomic E-state index is 11.8. The van der Waals surface area contributed by atoms with Gasteiger partial charge in [0, 0.05) is 12.2 Å². The smallest absolute Gasteiger partial charge is 0.333 e. The van der Waals surface area contributed by atoms with Crippen LogP contribution in [0.3, 0.4) is 0 Å². The molecular weight excluding hydrogens is 336 g/mol. The van der Waals surface area contributed by atoms with E-state index < -0.39 is 0 Å². The van der Waals surface area contributed by atoms with Gasteiger partial charge >= 0.3 is 5.97 Å². The highest BCUT2D eigenvalue weighted by Crippen LogP contribution is 2.25. The predicted octanol–water partition coefficient (Wildman–Crippen LogP) is 5.02. The van der Waals surface area contributed by atoms with Crippen LogP contribution in [0.5, 0.6) is 0 Å². The summed E-state index contributed by atoms with van der Waals surface area (Å²) >= 11 is 0. The standard InChI is InChI=1S/C24H28O3/c1-4-5-8-20-13-14-22(16-23(20)17-27-24(26)18(2)3)21-11-9-19(10-12-21)7-6-15-25/h4,9-14,16,25H,1-2,5-8,15,17H2,3H3. The number of esters is 1. The van der Waals surface area contributed by atoms with E-state index in [0.717, 1.165) is 47.9 Å². The number of aliphatic hydroxyl groups is 1. The maximum Gasteiger partial charge on any atom is 0.333 e. The molecule has 0 atom stereocenters. The second kappa shape index (κ2) is 10.5. The van der Waals surface area contributed by atoms with Gasteiger partial charge in [-0.3, -0.25) is 0 Å². The number of allylic oxidation sites excluding steroid dienone is 1. The van der Waals surface area contributed by atoms with Crippen LogP contribution in [-0.2, 0) is 29.0 Å². The Morgan fingerprint density at radius 1 is 1.07 bits per heavy atom. The van der Waals surface area contributed by atoms with Crippen LogP contribution in [-0.4, -0.2) is 17.7 Å². The molecule has 0 aromatic heterocycles. The predicted molar refractivity (Wildman–Crippen MR) is 110 cm³/mol. The topological polar surface area (TPSA) is 46.5 Å². The Kier molecular flexibility index (Phi) is 8.02. The molecule has 0 spiro atoms. The van der Waals surface area contributed by atoms with Crippen molar-refractivity contribution in [2.24, 2.45) is 0 Å².